The lowest BCUT2D eigenvalue weighted by Crippen LogP contribution is -2.45. The van der Waals surface area contributed by atoms with E-state index in [0.717, 1.165) is 12.8 Å². The standard InChI is InChI=1S/C24H50O2Si/c1-8-9-10-11-12-13-14-15-16-17-18-19-20-21-23(22(2)25)26-27(6,7)24(3,4)5/h23H,8-21H2,1-7H3/t23-/m0/s1. The molecule has 0 N–H and O–H groups in total. The quantitative estimate of drug-likeness (QED) is 0.181. The number of Topliss-reactive ketones (excluding diaryl/α,β-unsaturated/α-hetero) is 1. The van der Waals surface area contributed by atoms with Crippen LogP contribution in [-0.4, -0.2) is 20.2 Å². The van der Waals surface area contributed by atoms with E-state index in [4.69, 9.17) is 4.43 Å². The van der Waals surface area contributed by atoms with Gasteiger partial charge in [0.05, 0.1) is 0 Å². The van der Waals surface area contributed by atoms with Crippen LogP contribution in [0.3, 0.4) is 0 Å². The Balaban J connectivity index is 3.73. The fourth-order valence-corrected chi connectivity index (χ4v) is 4.57. The third-order valence-corrected chi connectivity index (χ3v) is 10.8. The lowest BCUT2D eigenvalue weighted by Gasteiger charge is -2.38. The van der Waals surface area contributed by atoms with E-state index in [1.165, 1.54) is 77.0 Å². The fourth-order valence-electron chi connectivity index (χ4n) is 3.23. The van der Waals surface area contributed by atoms with Crippen LogP contribution in [0.4, 0.5) is 0 Å². The number of carbonyl (C=O) groups excluding carboxylic acids is 1. The Kier molecular flexibility index (Phi) is 14.7. The van der Waals surface area contributed by atoms with E-state index in [9.17, 15) is 4.79 Å². The molecule has 3 heteroatoms. The van der Waals surface area contributed by atoms with Gasteiger partial charge in [0.25, 0.3) is 0 Å². The highest BCUT2D eigenvalue weighted by atomic mass is 28.4. The summed E-state index contributed by atoms with van der Waals surface area (Å²) in [5.41, 5.74) is 0. The Morgan fingerprint density at radius 2 is 1.15 bits per heavy atom. The maximum absolute atomic E-state index is 12.0. The molecule has 0 radical (unpaired) electrons. The third-order valence-electron chi connectivity index (χ3n) is 6.27. The minimum atomic E-state index is -1.86. The number of unbranched alkanes of at least 4 members (excludes halogenated alkanes) is 12. The van der Waals surface area contributed by atoms with Crippen molar-refractivity contribution in [1.82, 2.24) is 0 Å². The molecule has 0 aliphatic rings. The molecule has 0 aromatic rings. The smallest absolute Gasteiger partial charge is 0.193 e. The highest BCUT2D eigenvalue weighted by Gasteiger charge is 2.39. The molecule has 0 aromatic heterocycles. The molecule has 0 heterocycles. The monoisotopic (exact) mass is 398 g/mol. The number of ketones is 1. The number of rotatable bonds is 17. The predicted molar refractivity (Wildman–Crippen MR) is 123 cm³/mol. The molecule has 0 bridgehead atoms. The van der Waals surface area contributed by atoms with E-state index in [2.05, 4.69) is 40.8 Å². The van der Waals surface area contributed by atoms with Gasteiger partial charge in [-0.3, -0.25) is 4.79 Å². The van der Waals surface area contributed by atoms with Crippen LogP contribution in [-0.2, 0) is 9.22 Å². The Morgan fingerprint density at radius 3 is 1.48 bits per heavy atom. The van der Waals surface area contributed by atoms with E-state index >= 15 is 0 Å². The van der Waals surface area contributed by atoms with Crippen LogP contribution in [0.15, 0.2) is 0 Å². The van der Waals surface area contributed by atoms with Gasteiger partial charge in [-0.25, -0.2) is 0 Å². The first-order valence-corrected chi connectivity index (χ1v) is 14.7. The normalized spacial score (nSPS) is 13.7. The first kappa shape index (κ1) is 26.8. The van der Waals surface area contributed by atoms with Gasteiger partial charge in [0.15, 0.2) is 14.1 Å². The van der Waals surface area contributed by atoms with Gasteiger partial charge in [-0.1, -0.05) is 111 Å². The minimum Gasteiger partial charge on any atom is -0.407 e. The molecule has 0 aromatic carbocycles. The molecular formula is C24H50O2Si. The molecule has 162 valence electrons. The molecule has 27 heavy (non-hydrogen) atoms. The van der Waals surface area contributed by atoms with Crippen molar-refractivity contribution in [2.75, 3.05) is 0 Å². The van der Waals surface area contributed by atoms with Crippen LogP contribution < -0.4 is 0 Å². The second kappa shape index (κ2) is 14.8. The molecule has 0 rings (SSSR count). The molecule has 0 aliphatic heterocycles. The molecule has 1 atom stereocenters. The minimum absolute atomic E-state index is 0.163. The zero-order valence-corrected chi connectivity index (χ0v) is 20.8. The molecule has 0 fully saturated rings. The summed E-state index contributed by atoms with van der Waals surface area (Å²) >= 11 is 0. The van der Waals surface area contributed by atoms with Crippen molar-refractivity contribution in [3.63, 3.8) is 0 Å². The summed E-state index contributed by atoms with van der Waals surface area (Å²) in [5.74, 6) is 0.207. The van der Waals surface area contributed by atoms with Crippen molar-refractivity contribution in [3.05, 3.63) is 0 Å². The van der Waals surface area contributed by atoms with Gasteiger partial charge >= 0.3 is 0 Å². The Labute approximate surface area is 172 Å². The first-order valence-electron chi connectivity index (χ1n) is 11.8. The summed E-state index contributed by atoms with van der Waals surface area (Å²) in [6, 6.07) is 0. The molecule has 2 nitrogen and oxygen atoms in total. The predicted octanol–water partition coefficient (Wildman–Crippen LogP) is 8.45. The summed E-state index contributed by atoms with van der Waals surface area (Å²) in [4.78, 5) is 12.0. The van der Waals surface area contributed by atoms with Crippen LogP contribution in [0.2, 0.25) is 18.1 Å². The van der Waals surface area contributed by atoms with Gasteiger partial charge in [-0.15, -0.1) is 0 Å². The van der Waals surface area contributed by atoms with Crippen molar-refractivity contribution in [2.24, 2.45) is 0 Å². The van der Waals surface area contributed by atoms with E-state index in [-0.39, 0.29) is 16.9 Å². The zero-order valence-electron chi connectivity index (χ0n) is 19.8. The lowest BCUT2D eigenvalue weighted by molar-refractivity contribution is -0.124. The van der Waals surface area contributed by atoms with Crippen LogP contribution in [0.1, 0.15) is 125 Å². The lowest BCUT2D eigenvalue weighted by atomic mass is 10.0. The maximum atomic E-state index is 12.0. The van der Waals surface area contributed by atoms with E-state index in [0.29, 0.717) is 0 Å². The fraction of sp³-hybridized carbons (Fsp3) is 0.958. The van der Waals surface area contributed by atoms with Crippen LogP contribution in [0.5, 0.6) is 0 Å². The van der Waals surface area contributed by atoms with Gasteiger partial charge in [0, 0.05) is 0 Å². The average molecular weight is 399 g/mol. The first-order chi connectivity index (χ1) is 12.6. The van der Waals surface area contributed by atoms with Crippen LogP contribution in [0.25, 0.3) is 0 Å². The average Bonchev–Trinajstić information content (AvgIpc) is 2.56. The van der Waals surface area contributed by atoms with Crippen LogP contribution in [0, 0.1) is 0 Å². The molecule has 0 unspecified atom stereocenters. The highest BCUT2D eigenvalue weighted by Crippen LogP contribution is 2.37. The molecule has 0 spiro atoms. The summed E-state index contributed by atoms with van der Waals surface area (Å²) in [5, 5.41) is 0.163. The summed E-state index contributed by atoms with van der Waals surface area (Å²) in [6.45, 7) is 15.2. The number of hydrogen-bond donors (Lipinski definition) is 0. The molecule has 0 saturated heterocycles. The molecular weight excluding hydrogens is 348 g/mol. The van der Waals surface area contributed by atoms with Crippen molar-refractivity contribution >= 4 is 14.1 Å². The second-order valence-corrected chi connectivity index (χ2v) is 14.8. The summed E-state index contributed by atoms with van der Waals surface area (Å²) in [6.07, 6.45) is 18.4. The van der Waals surface area contributed by atoms with Gasteiger partial charge in [0.1, 0.15) is 6.10 Å². The van der Waals surface area contributed by atoms with Gasteiger partial charge in [0.2, 0.25) is 0 Å². The molecule has 0 saturated carbocycles. The van der Waals surface area contributed by atoms with E-state index in [1.54, 1.807) is 6.92 Å². The Morgan fingerprint density at radius 1 is 0.778 bits per heavy atom. The third kappa shape index (κ3) is 13.6. The Bertz CT molecular complexity index is 371. The maximum Gasteiger partial charge on any atom is 0.193 e. The summed E-state index contributed by atoms with van der Waals surface area (Å²) in [7, 11) is -1.86. The topological polar surface area (TPSA) is 26.3 Å². The van der Waals surface area contributed by atoms with Gasteiger partial charge in [-0.2, -0.15) is 0 Å². The highest BCUT2D eigenvalue weighted by molar-refractivity contribution is 6.74. The van der Waals surface area contributed by atoms with Gasteiger partial charge in [-0.05, 0) is 31.5 Å². The van der Waals surface area contributed by atoms with E-state index < -0.39 is 8.32 Å². The van der Waals surface area contributed by atoms with E-state index in [1.807, 2.05) is 0 Å². The second-order valence-electron chi connectivity index (χ2n) is 10.0. The number of carbonyl (C=O) groups is 1. The molecule has 0 aliphatic carbocycles. The van der Waals surface area contributed by atoms with Crippen molar-refractivity contribution in [2.45, 2.75) is 149 Å². The largest absolute Gasteiger partial charge is 0.407 e. The summed E-state index contributed by atoms with van der Waals surface area (Å²) < 4.78 is 6.36. The number of hydrogen-bond acceptors (Lipinski definition) is 2. The SMILES string of the molecule is CCCCCCCCCCCCCCC[C@H](O[Si](C)(C)C(C)(C)C)C(C)=O. The van der Waals surface area contributed by atoms with Crippen molar-refractivity contribution in [1.29, 1.82) is 0 Å². The van der Waals surface area contributed by atoms with Crippen LogP contribution >= 0.6 is 0 Å². The Hall–Kier alpha value is -0.153. The van der Waals surface area contributed by atoms with Crippen molar-refractivity contribution in [3.8, 4) is 0 Å². The molecule has 0 amide bonds. The zero-order chi connectivity index (χ0) is 20.8. The van der Waals surface area contributed by atoms with Gasteiger partial charge < -0.3 is 4.43 Å². The van der Waals surface area contributed by atoms with Crippen molar-refractivity contribution < 1.29 is 9.22 Å².